The second-order valence-corrected chi connectivity index (χ2v) is 11.7. The molecule has 1 aliphatic carbocycles. The van der Waals surface area contributed by atoms with Crippen molar-refractivity contribution in [2.24, 2.45) is 0 Å². The summed E-state index contributed by atoms with van der Waals surface area (Å²) in [6, 6.07) is 8.30. The van der Waals surface area contributed by atoms with Crippen LogP contribution in [0, 0.1) is 6.92 Å². The van der Waals surface area contributed by atoms with Crippen molar-refractivity contribution < 1.29 is 18.7 Å². The van der Waals surface area contributed by atoms with Crippen molar-refractivity contribution in [1.82, 2.24) is 24.3 Å². The third-order valence-electron chi connectivity index (χ3n) is 8.53. The van der Waals surface area contributed by atoms with E-state index in [1.807, 2.05) is 18.2 Å². The second-order valence-electron chi connectivity index (χ2n) is 11.7. The lowest BCUT2D eigenvalue weighted by Gasteiger charge is -2.32. The van der Waals surface area contributed by atoms with E-state index < -0.39 is 0 Å². The number of rotatable bonds is 6. The molecular weight excluding hydrogens is 544 g/mol. The molecule has 10 nitrogen and oxygen atoms in total. The van der Waals surface area contributed by atoms with Crippen LogP contribution in [0.25, 0.3) is 27.7 Å². The van der Waals surface area contributed by atoms with Crippen LogP contribution in [-0.4, -0.2) is 70.6 Å². The molecule has 1 saturated heterocycles. The normalized spacial score (nSPS) is 17.1. The summed E-state index contributed by atoms with van der Waals surface area (Å²) in [6.07, 6.45) is 9.87. The molecule has 43 heavy (non-hydrogen) atoms. The highest BCUT2D eigenvalue weighted by Gasteiger charge is 2.29. The summed E-state index contributed by atoms with van der Waals surface area (Å²) >= 11 is 0. The number of fused-ring (bicyclic) bond motifs is 2. The third kappa shape index (κ3) is 4.95. The summed E-state index contributed by atoms with van der Waals surface area (Å²) in [5, 5.41) is 4.25. The van der Waals surface area contributed by atoms with E-state index in [0.29, 0.717) is 36.4 Å². The first-order valence-corrected chi connectivity index (χ1v) is 14.9. The minimum Gasteiger partial charge on any atom is -0.460 e. The summed E-state index contributed by atoms with van der Waals surface area (Å²) in [5.41, 5.74) is 6.03. The molecule has 3 aromatic heterocycles. The van der Waals surface area contributed by atoms with Gasteiger partial charge in [-0.05, 0) is 49.1 Å². The molecule has 1 amide bonds. The Labute approximate surface area is 250 Å². The van der Waals surface area contributed by atoms with Crippen molar-refractivity contribution in [2.75, 3.05) is 45.7 Å². The molecule has 0 bridgehead atoms. The van der Waals surface area contributed by atoms with E-state index in [2.05, 4.69) is 45.4 Å². The fourth-order valence-electron chi connectivity index (χ4n) is 6.31. The van der Waals surface area contributed by atoms with E-state index in [9.17, 15) is 4.79 Å². The van der Waals surface area contributed by atoms with Gasteiger partial charge in [0.2, 0.25) is 5.95 Å². The summed E-state index contributed by atoms with van der Waals surface area (Å²) < 4.78 is 19.9. The monoisotopic (exact) mass is 580 g/mol. The minimum absolute atomic E-state index is 0.0211. The first-order chi connectivity index (χ1) is 20.9. The van der Waals surface area contributed by atoms with Gasteiger partial charge in [0.1, 0.15) is 17.6 Å². The second kappa shape index (κ2) is 10.9. The molecule has 7 rings (SSSR count). The van der Waals surface area contributed by atoms with Crippen LogP contribution in [0.4, 0.5) is 11.6 Å². The number of aryl methyl sites for hydroxylation is 1. The molecule has 222 valence electrons. The maximum Gasteiger partial charge on any atom is 0.270 e. The molecular formula is C33H36N6O4. The molecule has 0 spiro atoms. The number of amides is 1. The maximum absolute atomic E-state index is 13.1. The van der Waals surface area contributed by atoms with Crippen LogP contribution in [0.1, 0.15) is 53.5 Å². The molecule has 3 aliphatic rings. The number of anilines is 2. The highest BCUT2D eigenvalue weighted by molar-refractivity contribution is 5.98. The van der Waals surface area contributed by atoms with Crippen molar-refractivity contribution in [2.45, 2.75) is 38.6 Å². The van der Waals surface area contributed by atoms with Crippen molar-refractivity contribution in [1.29, 1.82) is 0 Å². The zero-order valence-electron chi connectivity index (χ0n) is 24.9. The number of hydrogen-bond donors (Lipinski definition) is 1. The highest BCUT2D eigenvalue weighted by Crippen LogP contribution is 2.44. The molecule has 4 aromatic rings. The van der Waals surface area contributed by atoms with E-state index in [0.717, 1.165) is 83.6 Å². The Hall–Kier alpha value is -4.57. The molecule has 0 unspecified atom stereocenters. The Morgan fingerprint density at radius 3 is 2.65 bits per heavy atom. The van der Waals surface area contributed by atoms with Gasteiger partial charge >= 0.3 is 0 Å². The third-order valence-corrected chi connectivity index (χ3v) is 8.53. The molecule has 0 atom stereocenters. The molecule has 1 aromatic carbocycles. The van der Waals surface area contributed by atoms with Gasteiger partial charge in [-0.15, -0.1) is 0 Å². The molecule has 10 heteroatoms. The molecule has 5 heterocycles. The number of ether oxygens (including phenoxy) is 2. The van der Waals surface area contributed by atoms with Crippen LogP contribution in [-0.2, 0) is 4.74 Å². The van der Waals surface area contributed by atoms with E-state index in [1.54, 1.807) is 31.5 Å². The number of furan rings is 1. The van der Waals surface area contributed by atoms with Crippen LogP contribution in [0.2, 0.25) is 0 Å². The van der Waals surface area contributed by atoms with Gasteiger partial charge in [0, 0.05) is 62.1 Å². The number of aromatic nitrogens is 3. The summed E-state index contributed by atoms with van der Waals surface area (Å²) in [4.78, 5) is 26.3. The van der Waals surface area contributed by atoms with E-state index in [1.165, 1.54) is 0 Å². The smallest absolute Gasteiger partial charge is 0.270 e. The van der Waals surface area contributed by atoms with Gasteiger partial charge < -0.3 is 33.6 Å². The molecule has 1 N–H and O–H groups in total. The minimum atomic E-state index is -0.0211. The number of allylic oxidation sites excluding steroid dienone is 2. The average molecular weight is 581 g/mol. The number of nitrogens with one attached hydrogen (secondary N) is 1. The van der Waals surface area contributed by atoms with Gasteiger partial charge in [-0.3, -0.25) is 4.79 Å². The van der Waals surface area contributed by atoms with Crippen molar-refractivity contribution in [3.63, 3.8) is 0 Å². The maximum atomic E-state index is 13.1. The quantitative estimate of drug-likeness (QED) is 0.291. The largest absolute Gasteiger partial charge is 0.460 e. The Bertz CT molecular complexity index is 1750. The highest BCUT2D eigenvalue weighted by atomic mass is 16.5. The van der Waals surface area contributed by atoms with Gasteiger partial charge in [-0.25, -0.2) is 4.98 Å². The van der Waals surface area contributed by atoms with Crippen molar-refractivity contribution in [3.8, 4) is 16.9 Å². The Kier molecular flexibility index (Phi) is 6.93. The van der Waals surface area contributed by atoms with E-state index in [-0.39, 0.29) is 11.9 Å². The number of benzene rings is 1. The number of nitrogens with zero attached hydrogens (tertiary/aromatic N) is 5. The Morgan fingerprint density at radius 1 is 1.12 bits per heavy atom. The topological polar surface area (TPSA) is 97.9 Å². The fraction of sp³-hybridized carbons (Fsp3) is 0.364. The fourth-order valence-corrected chi connectivity index (χ4v) is 6.31. The predicted molar refractivity (Wildman–Crippen MR) is 165 cm³/mol. The van der Waals surface area contributed by atoms with Gasteiger partial charge in [-0.1, -0.05) is 25.5 Å². The van der Waals surface area contributed by atoms with Crippen LogP contribution in [0.15, 0.2) is 59.7 Å². The number of carbonyl (C=O) groups is 1. The van der Waals surface area contributed by atoms with Crippen molar-refractivity contribution in [3.05, 3.63) is 72.3 Å². The molecule has 2 aliphatic heterocycles. The van der Waals surface area contributed by atoms with Crippen LogP contribution < -0.4 is 10.1 Å². The van der Waals surface area contributed by atoms with Crippen LogP contribution in [0.3, 0.4) is 0 Å². The zero-order valence-corrected chi connectivity index (χ0v) is 24.9. The SMILES string of the molecule is C=C1C=C(N2CCOCC2)Oc2c(-c3ccc(Nc4ncc5cc(C(=O)N(C)C)n(C6CCCC6)c5n4)cc3C)coc21. The predicted octanol–water partition coefficient (Wildman–Crippen LogP) is 6.14. The lowest BCUT2D eigenvalue weighted by atomic mass is 10.00. The number of carbonyl (C=O) groups excluding carboxylic acids is 1. The van der Waals surface area contributed by atoms with Gasteiger partial charge in [0.05, 0.1) is 18.8 Å². The van der Waals surface area contributed by atoms with Gasteiger partial charge in [0.25, 0.3) is 5.91 Å². The van der Waals surface area contributed by atoms with Crippen LogP contribution >= 0.6 is 0 Å². The Morgan fingerprint density at radius 2 is 1.91 bits per heavy atom. The average Bonchev–Trinajstić information content (AvgIpc) is 3.76. The first-order valence-electron chi connectivity index (χ1n) is 14.9. The van der Waals surface area contributed by atoms with E-state index >= 15 is 0 Å². The summed E-state index contributed by atoms with van der Waals surface area (Å²) in [7, 11) is 3.57. The molecule has 1 saturated carbocycles. The summed E-state index contributed by atoms with van der Waals surface area (Å²) in [5.74, 6) is 2.56. The standard InChI is InChI=1S/C33H36N6O4/c1-20-15-23(9-10-25(20)26-19-42-29-21(2)16-28(43-30(26)29)38-11-13-41-14-12-38)35-33-34-18-22-17-27(32(40)37(3)4)39(31(22)36-33)24-7-5-6-8-24/h9-10,15-19,24H,2,5-8,11-14H2,1,3-4H3,(H,34,35,36). The zero-order chi connectivity index (χ0) is 29.7. The van der Waals surface area contributed by atoms with Gasteiger partial charge in [0.15, 0.2) is 17.4 Å². The van der Waals surface area contributed by atoms with E-state index in [4.69, 9.17) is 18.9 Å². The van der Waals surface area contributed by atoms with Gasteiger partial charge in [-0.2, -0.15) is 4.98 Å². The number of hydrogen-bond acceptors (Lipinski definition) is 8. The molecule has 0 radical (unpaired) electrons. The lowest BCUT2D eigenvalue weighted by molar-refractivity contribution is 0.0346. The molecule has 2 fully saturated rings. The number of morpholine rings is 1. The first kappa shape index (κ1) is 27.3. The van der Waals surface area contributed by atoms with Crippen LogP contribution in [0.5, 0.6) is 5.75 Å². The van der Waals surface area contributed by atoms with Crippen molar-refractivity contribution >= 4 is 34.1 Å². The Balaban J connectivity index is 1.17. The lowest BCUT2D eigenvalue weighted by Crippen LogP contribution is -2.37. The summed E-state index contributed by atoms with van der Waals surface area (Å²) in [6.45, 7) is 9.15.